The van der Waals surface area contributed by atoms with Gasteiger partial charge in [-0.05, 0) is 41.3 Å². The number of anilines is 1. The minimum Gasteiger partial charge on any atom is -0.390 e. The van der Waals surface area contributed by atoms with Gasteiger partial charge < -0.3 is 9.67 Å². The lowest BCUT2D eigenvalue weighted by Gasteiger charge is -2.18. The molecule has 0 saturated heterocycles. The van der Waals surface area contributed by atoms with Gasteiger partial charge >= 0.3 is 0 Å². The van der Waals surface area contributed by atoms with Crippen LogP contribution in [0.25, 0.3) is 0 Å². The van der Waals surface area contributed by atoms with Gasteiger partial charge in [0, 0.05) is 13.0 Å². The fraction of sp³-hybridized carbons (Fsp3) is 0.320. The van der Waals surface area contributed by atoms with E-state index in [9.17, 15) is 18.3 Å². The van der Waals surface area contributed by atoms with Gasteiger partial charge in [-0.1, -0.05) is 72.5 Å². The van der Waals surface area contributed by atoms with E-state index in [-0.39, 0.29) is 29.0 Å². The largest absolute Gasteiger partial charge is 0.390 e. The second-order valence-electron chi connectivity index (χ2n) is 8.85. The highest BCUT2D eigenvalue weighted by Crippen LogP contribution is 2.22. The first-order valence-corrected chi connectivity index (χ1v) is 14.2. The Hall–Kier alpha value is -3.65. The van der Waals surface area contributed by atoms with Crippen LogP contribution in [-0.2, 0) is 40.8 Å². The minimum absolute atomic E-state index is 0.00563. The summed E-state index contributed by atoms with van der Waals surface area (Å²) in [5.74, 6) is 0.0657. The molecule has 0 aliphatic carbocycles. The smallest absolute Gasteiger partial charge is 0.269 e. The van der Waals surface area contributed by atoms with Gasteiger partial charge in [0.2, 0.25) is 15.9 Å². The molecular weight excluding hydrogens is 544 g/mol. The van der Waals surface area contributed by atoms with Crippen LogP contribution < -0.4 is 10.0 Å². The zero-order valence-corrected chi connectivity index (χ0v) is 22.8. The lowest BCUT2D eigenvalue weighted by atomic mass is 10.1. The Morgan fingerprint density at radius 3 is 2.51 bits per heavy atom. The average Bonchev–Trinajstić information content (AvgIpc) is 3.54. The van der Waals surface area contributed by atoms with Crippen molar-refractivity contribution in [3.05, 3.63) is 82.4 Å². The number of aromatic amines is 1. The molecule has 39 heavy (non-hydrogen) atoms. The molecule has 1 amide bonds. The lowest BCUT2D eigenvalue weighted by molar-refractivity contribution is -0.117. The van der Waals surface area contributed by atoms with Crippen LogP contribution in [0.15, 0.2) is 59.5 Å². The number of hydrogen-bond donors (Lipinski definition) is 4. The number of benzene rings is 2. The summed E-state index contributed by atoms with van der Waals surface area (Å²) >= 11 is 6.23. The normalized spacial score (nSPS) is 12.4. The summed E-state index contributed by atoms with van der Waals surface area (Å²) < 4.78 is 30.9. The number of nitrogens with one attached hydrogen (secondary N) is 3. The number of H-pyrrole nitrogens is 1. The molecule has 1 atom stereocenters. The Kier molecular flexibility index (Phi) is 9.41. The Morgan fingerprint density at radius 2 is 1.87 bits per heavy atom. The number of carbonyl (C=O) groups is 1. The van der Waals surface area contributed by atoms with Gasteiger partial charge in [0.15, 0.2) is 5.15 Å². The van der Waals surface area contributed by atoms with Crippen molar-refractivity contribution in [2.45, 2.75) is 56.7 Å². The third kappa shape index (κ3) is 7.26. The molecule has 0 aliphatic heterocycles. The Bertz CT molecular complexity index is 1480. The lowest BCUT2D eigenvalue weighted by Crippen LogP contribution is -2.45. The van der Waals surface area contributed by atoms with Crippen molar-refractivity contribution in [2.24, 2.45) is 0 Å². The van der Waals surface area contributed by atoms with Gasteiger partial charge in [0.05, 0.1) is 17.2 Å². The second-order valence-corrected chi connectivity index (χ2v) is 10.9. The molecule has 0 fully saturated rings. The molecule has 14 heteroatoms. The molecule has 206 valence electrons. The number of tetrazole rings is 1. The molecule has 0 saturated carbocycles. The van der Waals surface area contributed by atoms with Crippen molar-refractivity contribution in [3.8, 4) is 0 Å². The summed E-state index contributed by atoms with van der Waals surface area (Å²) in [4.78, 5) is 17.3. The van der Waals surface area contributed by atoms with Crippen LogP contribution in [0.3, 0.4) is 0 Å². The molecule has 4 aromatic rings. The summed E-state index contributed by atoms with van der Waals surface area (Å²) in [7, 11) is -4.08. The summed E-state index contributed by atoms with van der Waals surface area (Å²) in [6, 6.07) is 14.2. The van der Waals surface area contributed by atoms with Crippen LogP contribution in [0.1, 0.15) is 42.4 Å². The second kappa shape index (κ2) is 12.9. The number of unbranched alkanes of at least 4 members (excludes halogenated alkanes) is 1. The monoisotopic (exact) mass is 572 g/mol. The molecular formula is C25H29ClN8O4S. The summed E-state index contributed by atoms with van der Waals surface area (Å²) in [6.07, 6.45) is 2.72. The molecule has 2 aromatic carbocycles. The Morgan fingerprint density at radius 1 is 1.13 bits per heavy atom. The van der Waals surface area contributed by atoms with Crippen LogP contribution in [0.5, 0.6) is 0 Å². The zero-order chi connectivity index (χ0) is 27.8. The standard InChI is InChI=1S/C25H29ClN8O4S/c1-2-3-9-22-27-23(26)21(16-35)34(22)15-18-10-12-19(13-11-18)39(37,38)31-20(14-17-7-5-4-6-8-17)24(36)28-25-29-32-33-30-25/h4-8,10-13,20,31,35H,2-3,9,14-16H2,1H3,(H2,28,29,30,32,33,36)/t20-/m1/s1. The van der Waals surface area contributed by atoms with E-state index in [2.05, 4.69) is 42.6 Å². The van der Waals surface area contributed by atoms with Crippen LogP contribution in [0, 0.1) is 0 Å². The highest BCUT2D eigenvalue weighted by Gasteiger charge is 2.27. The molecule has 0 aliphatic rings. The van der Waals surface area contributed by atoms with Crippen molar-refractivity contribution >= 4 is 33.5 Å². The summed E-state index contributed by atoms with van der Waals surface area (Å²) in [5, 5.41) is 25.5. The van der Waals surface area contributed by atoms with Gasteiger partial charge in [0.25, 0.3) is 5.95 Å². The van der Waals surface area contributed by atoms with Crippen LogP contribution in [-0.4, -0.2) is 55.6 Å². The van der Waals surface area contributed by atoms with Gasteiger partial charge in [0.1, 0.15) is 11.9 Å². The first-order chi connectivity index (χ1) is 18.8. The van der Waals surface area contributed by atoms with Gasteiger partial charge in [-0.2, -0.15) is 9.94 Å². The van der Waals surface area contributed by atoms with E-state index in [1.165, 1.54) is 12.1 Å². The van der Waals surface area contributed by atoms with Crippen LogP contribution in [0.4, 0.5) is 5.95 Å². The first-order valence-electron chi connectivity index (χ1n) is 12.3. The number of nitrogens with zero attached hydrogens (tertiary/aromatic N) is 5. The number of carbonyl (C=O) groups excluding carboxylic acids is 1. The Balaban J connectivity index is 1.53. The van der Waals surface area contributed by atoms with Crippen molar-refractivity contribution in [3.63, 3.8) is 0 Å². The van der Waals surface area contributed by atoms with E-state index in [4.69, 9.17) is 11.6 Å². The van der Waals surface area contributed by atoms with E-state index in [0.717, 1.165) is 29.8 Å². The number of amides is 1. The maximum Gasteiger partial charge on any atom is 0.269 e. The van der Waals surface area contributed by atoms with Gasteiger partial charge in [-0.25, -0.2) is 13.4 Å². The van der Waals surface area contributed by atoms with Crippen LogP contribution in [0.2, 0.25) is 5.15 Å². The number of aliphatic hydroxyl groups is 1. The minimum atomic E-state index is -4.08. The van der Waals surface area contributed by atoms with Crippen molar-refractivity contribution in [1.82, 2.24) is 34.9 Å². The highest BCUT2D eigenvalue weighted by molar-refractivity contribution is 7.89. The Labute approximate surface area is 230 Å². The third-order valence-corrected chi connectivity index (χ3v) is 7.85. The third-order valence-electron chi connectivity index (χ3n) is 6.06. The number of rotatable bonds is 13. The van der Waals surface area contributed by atoms with Gasteiger partial charge in [-0.3, -0.25) is 10.1 Å². The van der Waals surface area contributed by atoms with Gasteiger partial charge in [-0.15, -0.1) is 5.10 Å². The number of aryl methyl sites for hydroxylation is 1. The fourth-order valence-corrected chi connectivity index (χ4v) is 5.48. The number of aliphatic hydroxyl groups excluding tert-OH is 1. The average molecular weight is 573 g/mol. The summed E-state index contributed by atoms with van der Waals surface area (Å²) in [6.45, 7) is 2.18. The van der Waals surface area contributed by atoms with Crippen molar-refractivity contribution < 1.29 is 18.3 Å². The van der Waals surface area contributed by atoms with Crippen molar-refractivity contribution in [1.29, 1.82) is 0 Å². The maximum atomic E-state index is 13.3. The number of sulfonamides is 1. The number of hydrogen-bond acceptors (Lipinski definition) is 8. The highest BCUT2D eigenvalue weighted by atomic mass is 35.5. The molecule has 0 radical (unpaired) electrons. The van der Waals surface area contributed by atoms with Crippen molar-refractivity contribution in [2.75, 3.05) is 5.32 Å². The molecule has 4 N–H and O–H groups in total. The van der Waals surface area contributed by atoms with E-state index in [1.54, 1.807) is 36.4 Å². The predicted octanol–water partition coefficient (Wildman–Crippen LogP) is 2.46. The molecule has 0 spiro atoms. The predicted molar refractivity (Wildman–Crippen MR) is 144 cm³/mol. The number of halogens is 1. The SMILES string of the molecule is CCCCc1nc(Cl)c(CO)n1Cc1ccc(S(=O)(=O)N[C@H](Cc2ccccc2)C(=O)Nc2nn[nH]n2)cc1. The number of aromatic nitrogens is 6. The molecule has 2 heterocycles. The number of imidazole rings is 1. The molecule has 2 aromatic heterocycles. The molecule has 0 unspecified atom stereocenters. The van der Waals surface area contributed by atoms with E-state index in [1.807, 2.05) is 10.6 Å². The topological polar surface area (TPSA) is 168 Å². The quantitative estimate of drug-likeness (QED) is 0.189. The van der Waals surface area contributed by atoms with Crippen LogP contribution >= 0.6 is 11.6 Å². The summed E-state index contributed by atoms with van der Waals surface area (Å²) in [5.41, 5.74) is 2.07. The fourth-order valence-electron chi connectivity index (χ4n) is 4.03. The van der Waals surface area contributed by atoms with E-state index >= 15 is 0 Å². The maximum absolute atomic E-state index is 13.3. The van der Waals surface area contributed by atoms with E-state index < -0.39 is 22.0 Å². The van der Waals surface area contributed by atoms with E-state index in [0.29, 0.717) is 18.7 Å². The first kappa shape index (κ1) is 28.4. The molecule has 4 rings (SSSR count). The molecule has 0 bridgehead atoms. The zero-order valence-electron chi connectivity index (χ0n) is 21.2. The molecule has 12 nitrogen and oxygen atoms in total.